The SMILES string of the molecule is Cc1nsc(-c2nc(S(N)(=O)=O)c3n2CCN(C(=O)c2ccc(F)cc2)C3C)n1. The van der Waals surface area contributed by atoms with Gasteiger partial charge in [0.05, 0.1) is 11.7 Å². The van der Waals surface area contributed by atoms with Gasteiger partial charge in [0.15, 0.2) is 15.9 Å². The molecule has 1 aromatic carbocycles. The quantitative estimate of drug-likeness (QED) is 0.667. The smallest absolute Gasteiger partial charge is 0.257 e. The van der Waals surface area contributed by atoms with E-state index >= 15 is 0 Å². The van der Waals surface area contributed by atoms with Gasteiger partial charge in [0, 0.05) is 18.7 Å². The lowest BCUT2D eigenvalue weighted by molar-refractivity contribution is 0.0640. The maximum atomic E-state index is 13.2. The van der Waals surface area contributed by atoms with Crippen LogP contribution >= 0.6 is 11.5 Å². The molecule has 1 unspecified atom stereocenters. The number of carbonyl (C=O) groups is 1. The molecule has 0 radical (unpaired) electrons. The molecule has 1 atom stereocenters. The van der Waals surface area contributed by atoms with E-state index in [4.69, 9.17) is 5.14 Å². The fraction of sp³-hybridized carbons (Fsp3) is 0.294. The van der Waals surface area contributed by atoms with E-state index in [1.54, 1.807) is 18.4 Å². The van der Waals surface area contributed by atoms with E-state index in [2.05, 4.69) is 14.3 Å². The Labute approximate surface area is 170 Å². The second-order valence-corrected chi connectivity index (χ2v) is 8.88. The molecule has 4 rings (SSSR count). The monoisotopic (exact) mass is 436 g/mol. The predicted molar refractivity (Wildman–Crippen MR) is 103 cm³/mol. The first-order chi connectivity index (χ1) is 13.7. The number of hydrogen-bond donors (Lipinski definition) is 1. The number of halogens is 1. The average Bonchev–Trinajstić information content (AvgIpc) is 3.26. The highest BCUT2D eigenvalue weighted by atomic mass is 32.2. The predicted octanol–water partition coefficient (Wildman–Crippen LogP) is 1.71. The summed E-state index contributed by atoms with van der Waals surface area (Å²) in [6.45, 7) is 4.06. The van der Waals surface area contributed by atoms with Crippen molar-refractivity contribution in [2.45, 2.75) is 31.5 Å². The van der Waals surface area contributed by atoms with E-state index in [0.29, 0.717) is 41.0 Å². The number of benzene rings is 1. The van der Waals surface area contributed by atoms with E-state index in [1.165, 1.54) is 29.2 Å². The van der Waals surface area contributed by atoms with Crippen molar-refractivity contribution in [1.82, 2.24) is 23.8 Å². The molecule has 3 heterocycles. The number of primary sulfonamides is 1. The van der Waals surface area contributed by atoms with Crippen molar-refractivity contribution in [1.29, 1.82) is 0 Å². The van der Waals surface area contributed by atoms with E-state index < -0.39 is 21.9 Å². The fourth-order valence-corrected chi connectivity index (χ4v) is 4.87. The number of fused-ring (bicyclic) bond motifs is 1. The van der Waals surface area contributed by atoms with Gasteiger partial charge in [0.2, 0.25) is 0 Å². The molecule has 3 aromatic rings. The zero-order valence-electron chi connectivity index (χ0n) is 15.5. The summed E-state index contributed by atoms with van der Waals surface area (Å²) in [5, 5.41) is 5.60. The summed E-state index contributed by atoms with van der Waals surface area (Å²) < 4.78 is 43.5. The van der Waals surface area contributed by atoms with Gasteiger partial charge < -0.3 is 9.47 Å². The summed E-state index contributed by atoms with van der Waals surface area (Å²) in [5.41, 5.74) is 0.625. The van der Waals surface area contributed by atoms with Crippen LogP contribution in [0.2, 0.25) is 0 Å². The summed E-state index contributed by atoms with van der Waals surface area (Å²) in [4.78, 5) is 23.0. The Hall–Kier alpha value is -2.70. The lowest BCUT2D eigenvalue weighted by Crippen LogP contribution is -2.41. The van der Waals surface area contributed by atoms with E-state index in [1.807, 2.05) is 0 Å². The fourth-order valence-electron chi connectivity index (χ4n) is 3.42. The number of imidazole rings is 1. The van der Waals surface area contributed by atoms with Crippen molar-refractivity contribution in [2.75, 3.05) is 6.54 Å². The molecule has 0 saturated heterocycles. The molecule has 0 bridgehead atoms. The van der Waals surface area contributed by atoms with Crippen molar-refractivity contribution in [3.8, 4) is 10.8 Å². The van der Waals surface area contributed by atoms with Gasteiger partial charge in [-0.2, -0.15) is 4.37 Å². The second-order valence-electron chi connectivity index (χ2n) is 6.65. The second kappa shape index (κ2) is 6.97. The Morgan fingerprint density at radius 3 is 2.52 bits per heavy atom. The molecular formula is C17H17FN6O3S2. The average molecular weight is 436 g/mol. The van der Waals surface area contributed by atoms with Gasteiger partial charge in [0.1, 0.15) is 11.6 Å². The molecule has 0 aliphatic carbocycles. The Bertz CT molecular complexity index is 1200. The van der Waals surface area contributed by atoms with Gasteiger partial charge in [-0.25, -0.2) is 27.9 Å². The van der Waals surface area contributed by atoms with Crippen LogP contribution in [-0.4, -0.2) is 44.7 Å². The number of nitrogens with two attached hydrogens (primary N) is 1. The molecule has 0 fully saturated rings. The molecule has 2 aromatic heterocycles. The van der Waals surface area contributed by atoms with Gasteiger partial charge in [-0.3, -0.25) is 4.79 Å². The molecule has 9 nitrogen and oxygen atoms in total. The molecule has 0 saturated carbocycles. The van der Waals surface area contributed by atoms with Gasteiger partial charge in [-0.1, -0.05) is 0 Å². The minimum Gasteiger partial charge on any atom is -0.328 e. The first kappa shape index (κ1) is 19.6. The molecule has 1 amide bonds. The van der Waals surface area contributed by atoms with E-state index in [9.17, 15) is 17.6 Å². The Kier molecular flexibility index (Phi) is 4.71. The van der Waals surface area contributed by atoms with Crippen molar-refractivity contribution in [3.05, 3.63) is 47.2 Å². The molecule has 12 heteroatoms. The number of amides is 1. The Morgan fingerprint density at radius 1 is 1.24 bits per heavy atom. The van der Waals surface area contributed by atoms with Gasteiger partial charge in [-0.15, -0.1) is 0 Å². The number of hydrogen-bond acceptors (Lipinski definition) is 7. The first-order valence-electron chi connectivity index (χ1n) is 8.67. The van der Waals surface area contributed by atoms with Crippen LogP contribution in [0, 0.1) is 12.7 Å². The zero-order valence-corrected chi connectivity index (χ0v) is 17.2. The number of nitrogens with zero attached hydrogens (tertiary/aromatic N) is 5. The number of rotatable bonds is 3. The van der Waals surface area contributed by atoms with Crippen LogP contribution in [0.3, 0.4) is 0 Å². The lowest BCUT2D eigenvalue weighted by atomic mass is 10.1. The highest BCUT2D eigenvalue weighted by Gasteiger charge is 2.37. The Balaban J connectivity index is 1.80. The van der Waals surface area contributed by atoms with Crippen molar-refractivity contribution in [2.24, 2.45) is 5.14 Å². The molecule has 1 aliphatic rings. The van der Waals surface area contributed by atoms with Crippen molar-refractivity contribution < 1.29 is 17.6 Å². The van der Waals surface area contributed by atoms with Crippen LogP contribution in [0.4, 0.5) is 4.39 Å². The van der Waals surface area contributed by atoms with Gasteiger partial charge in [0.25, 0.3) is 15.9 Å². The third-order valence-corrected chi connectivity index (χ3v) is 6.38. The lowest BCUT2D eigenvalue weighted by Gasteiger charge is -2.35. The highest BCUT2D eigenvalue weighted by Crippen LogP contribution is 2.35. The summed E-state index contributed by atoms with van der Waals surface area (Å²) >= 11 is 1.11. The van der Waals surface area contributed by atoms with Crippen LogP contribution in [0.1, 0.15) is 34.8 Å². The van der Waals surface area contributed by atoms with Crippen LogP contribution in [0.15, 0.2) is 29.3 Å². The van der Waals surface area contributed by atoms with Gasteiger partial charge in [-0.05, 0) is 49.6 Å². The molecule has 1 aliphatic heterocycles. The number of aryl methyl sites for hydroxylation is 1. The summed E-state index contributed by atoms with van der Waals surface area (Å²) in [6, 6.07) is 4.58. The van der Waals surface area contributed by atoms with Gasteiger partial charge >= 0.3 is 0 Å². The summed E-state index contributed by atoms with van der Waals surface area (Å²) in [5.74, 6) is 0.130. The molecule has 2 N–H and O–H groups in total. The van der Waals surface area contributed by atoms with E-state index in [0.717, 1.165) is 11.5 Å². The normalized spacial score (nSPS) is 16.7. The van der Waals surface area contributed by atoms with E-state index in [-0.39, 0.29) is 10.9 Å². The molecular weight excluding hydrogens is 419 g/mol. The maximum absolute atomic E-state index is 13.2. The van der Waals surface area contributed by atoms with Crippen molar-refractivity contribution in [3.63, 3.8) is 0 Å². The third kappa shape index (κ3) is 3.43. The van der Waals surface area contributed by atoms with Crippen LogP contribution < -0.4 is 5.14 Å². The van der Waals surface area contributed by atoms with Crippen LogP contribution in [-0.2, 0) is 16.6 Å². The third-order valence-electron chi connectivity index (χ3n) is 4.74. The van der Waals surface area contributed by atoms with Crippen LogP contribution in [0.25, 0.3) is 10.8 Å². The maximum Gasteiger partial charge on any atom is 0.257 e. The summed E-state index contributed by atoms with van der Waals surface area (Å²) in [7, 11) is -4.14. The molecule has 0 spiro atoms. The zero-order chi connectivity index (χ0) is 20.9. The van der Waals surface area contributed by atoms with Crippen LogP contribution in [0.5, 0.6) is 0 Å². The molecule has 29 heavy (non-hydrogen) atoms. The minimum atomic E-state index is -4.14. The number of sulfonamides is 1. The summed E-state index contributed by atoms with van der Waals surface area (Å²) in [6.07, 6.45) is 0. The van der Waals surface area contributed by atoms with Crippen molar-refractivity contribution >= 4 is 27.5 Å². The minimum absolute atomic E-state index is 0.288. The number of carbonyl (C=O) groups excluding carboxylic acids is 1. The highest BCUT2D eigenvalue weighted by molar-refractivity contribution is 7.89. The standard InChI is InChI=1S/C17H17FN6O3S2/c1-9-13-16(29(19,26)27)21-14(15-20-10(2)22-28-15)24(13)8-7-23(9)17(25)11-3-5-12(18)6-4-11/h3-6,9H,7-8H2,1-2H3,(H2,19,26,27). The topological polar surface area (TPSA) is 124 Å². The molecule has 152 valence electrons. The number of aromatic nitrogens is 4. The largest absolute Gasteiger partial charge is 0.328 e. The Morgan fingerprint density at radius 2 is 1.93 bits per heavy atom. The first-order valence-corrected chi connectivity index (χ1v) is 11.0.